The molecule has 0 fully saturated rings. The second kappa shape index (κ2) is 8.05. The lowest BCUT2D eigenvalue weighted by atomic mass is 10.2. The number of halogens is 2. The van der Waals surface area contributed by atoms with E-state index in [4.69, 9.17) is 4.74 Å². The fourth-order valence-corrected chi connectivity index (χ4v) is 3.31. The van der Waals surface area contributed by atoms with Crippen molar-refractivity contribution in [2.45, 2.75) is 13.5 Å². The van der Waals surface area contributed by atoms with E-state index >= 15 is 0 Å². The number of hydrogen-bond acceptors (Lipinski definition) is 4. The SMILES string of the molecule is Cc1nc(-c2ccccc2F)sc1CNC(=O)COc1ccccc1F. The maximum atomic E-state index is 13.9. The van der Waals surface area contributed by atoms with Crippen LogP contribution in [0.4, 0.5) is 8.78 Å². The molecule has 0 bridgehead atoms. The summed E-state index contributed by atoms with van der Waals surface area (Å²) in [4.78, 5) is 17.1. The lowest BCUT2D eigenvalue weighted by molar-refractivity contribution is -0.123. The molecule has 3 aromatic rings. The molecule has 0 aliphatic rings. The molecule has 0 atom stereocenters. The molecule has 1 amide bonds. The van der Waals surface area contributed by atoms with Gasteiger partial charge in [0.25, 0.3) is 5.91 Å². The van der Waals surface area contributed by atoms with Crippen LogP contribution in [0.15, 0.2) is 48.5 Å². The van der Waals surface area contributed by atoms with Crippen molar-refractivity contribution >= 4 is 17.2 Å². The first-order valence-corrected chi connectivity index (χ1v) is 8.71. The van der Waals surface area contributed by atoms with Crippen LogP contribution in [0.3, 0.4) is 0 Å². The average Bonchev–Trinajstić information content (AvgIpc) is 3.00. The number of benzene rings is 2. The van der Waals surface area contributed by atoms with Gasteiger partial charge in [-0.05, 0) is 31.2 Å². The molecule has 7 heteroatoms. The zero-order valence-corrected chi connectivity index (χ0v) is 14.8. The van der Waals surface area contributed by atoms with E-state index in [0.29, 0.717) is 10.6 Å². The molecular formula is C19H16F2N2O2S. The van der Waals surface area contributed by atoms with E-state index in [1.165, 1.54) is 29.5 Å². The molecule has 1 heterocycles. The maximum Gasteiger partial charge on any atom is 0.258 e. The van der Waals surface area contributed by atoms with Crippen molar-refractivity contribution in [3.8, 4) is 16.3 Å². The normalized spacial score (nSPS) is 10.6. The fraction of sp³-hybridized carbons (Fsp3) is 0.158. The van der Waals surface area contributed by atoms with Crippen LogP contribution >= 0.6 is 11.3 Å². The Balaban J connectivity index is 1.59. The van der Waals surface area contributed by atoms with Crippen molar-refractivity contribution in [1.82, 2.24) is 10.3 Å². The number of ether oxygens (including phenoxy) is 1. The summed E-state index contributed by atoms with van der Waals surface area (Å²) >= 11 is 1.32. The summed E-state index contributed by atoms with van der Waals surface area (Å²) in [6.07, 6.45) is 0. The highest BCUT2D eigenvalue weighted by atomic mass is 32.1. The highest BCUT2D eigenvalue weighted by Gasteiger charge is 2.13. The maximum absolute atomic E-state index is 13.9. The summed E-state index contributed by atoms with van der Waals surface area (Å²) in [5, 5.41) is 3.26. The molecule has 0 saturated carbocycles. The van der Waals surface area contributed by atoms with Gasteiger partial charge in [-0.2, -0.15) is 0 Å². The van der Waals surface area contributed by atoms with Crippen molar-refractivity contribution in [2.75, 3.05) is 6.61 Å². The van der Waals surface area contributed by atoms with Gasteiger partial charge in [-0.15, -0.1) is 11.3 Å². The van der Waals surface area contributed by atoms with Crippen LogP contribution in [0.1, 0.15) is 10.6 Å². The second-order valence-corrected chi connectivity index (χ2v) is 6.59. The predicted molar refractivity (Wildman–Crippen MR) is 96.0 cm³/mol. The van der Waals surface area contributed by atoms with Gasteiger partial charge in [-0.3, -0.25) is 4.79 Å². The number of aryl methyl sites for hydroxylation is 1. The third-order valence-electron chi connectivity index (χ3n) is 3.64. The van der Waals surface area contributed by atoms with E-state index in [0.717, 1.165) is 10.6 Å². The summed E-state index contributed by atoms with van der Waals surface area (Å²) in [5.74, 6) is -1.21. The largest absolute Gasteiger partial charge is 0.481 e. The molecule has 0 unspecified atom stereocenters. The van der Waals surface area contributed by atoms with Crippen LogP contribution in [0.2, 0.25) is 0 Å². The van der Waals surface area contributed by atoms with Gasteiger partial charge < -0.3 is 10.1 Å². The lowest BCUT2D eigenvalue weighted by Crippen LogP contribution is -2.28. The van der Waals surface area contributed by atoms with E-state index in [1.54, 1.807) is 37.3 Å². The van der Waals surface area contributed by atoms with Crippen LogP contribution in [-0.4, -0.2) is 17.5 Å². The fourth-order valence-electron chi connectivity index (χ4n) is 2.28. The van der Waals surface area contributed by atoms with E-state index < -0.39 is 5.82 Å². The first kappa shape index (κ1) is 18.0. The third kappa shape index (κ3) is 4.23. The molecule has 0 aliphatic heterocycles. The van der Waals surface area contributed by atoms with Gasteiger partial charge in [0.2, 0.25) is 0 Å². The Morgan fingerprint density at radius 3 is 2.54 bits per heavy atom. The van der Waals surface area contributed by atoms with E-state index in [9.17, 15) is 13.6 Å². The number of para-hydroxylation sites is 1. The third-order valence-corrected chi connectivity index (χ3v) is 4.83. The summed E-state index contributed by atoms with van der Waals surface area (Å²) in [6, 6.07) is 12.3. The molecule has 2 aromatic carbocycles. The summed E-state index contributed by atoms with van der Waals surface area (Å²) in [7, 11) is 0. The van der Waals surface area contributed by atoms with Crippen molar-refractivity contribution < 1.29 is 18.3 Å². The molecule has 1 aromatic heterocycles. The highest BCUT2D eigenvalue weighted by molar-refractivity contribution is 7.15. The number of rotatable bonds is 6. The minimum absolute atomic E-state index is 0.0264. The molecule has 3 rings (SSSR count). The van der Waals surface area contributed by atoms with Crippen LogP contribution < -0.4 is 10.1 Å². The number of carbonyl (C=O) groups excluding carboxylic acids is 1. The van der Waals surface area contributed by atoms with Crippen molar-refractivity contribution in [1.29, 1.82) is 0 Å². The molecule has 1 N–H and O–H groups in total. The van der Waals surface area contributed by atoms with Crippen molar-refractivity contribution in [2.24, 2.45) is 0 Å². The van der Waals surface area contributed by atoms with Crippen molar-refractivity contribution in [3.05, 3.63) is 70.7 Å². The van der Waals surface area contributed by atoms with Gasteiger partial charge in [0.1, 0.15) is 10.8 Å². The van der Waals surface area contributed by atoms with Gasteiger partial charge in [-0.25, -0.2) is 13.8 Å². The Bertz CT molecular complexity index is 927. The number of carbonyl (C=O) groups is 1. The number of amides is 1. The Morgan fingerprint density at radius 2 is 1.81 bits per heavy atom. The summed E-state index contributed by atoms with van der Waals surface area (Å²) in [6.45, 7) is 1.76. The van der Waals surface area contributed by atoms with Gasteiger partial charge in [-0.1, -0.05) is 24.3 Å². The number of nitrogens with one attached hydrogen (secondary N) is 1. The minimum atomic E-state index is -0.520. The van der Waals surface area contributed by atoms with E-state index in [-0.39, 0.29) is 30.6 Å². The molecule has 134 valence electrons. The second-order valence-electron chi connectivity index (χ2n) is 5.50. The lowest BCUT2D eigenvalue weighted by Gasteiger charge is -2.07. The number of nitrogens with zero attached hydrogens (tertiary/aromatic N) is 1. The topological polar surface area (TPSA) is 51.2 Å². The molecule has 0 radical (unpaired) electrons. The Labute approximate surface area is 153 Å². The van der Waals surface area contributed by atoms with Crippen LogP contribution in [0.5, 0.6) is 5.75 Å². The molecule has 4 nitrogen and oxygen atoms in total. The van der Waals surface area contributed by atoms with Crippen molar-refractivity contribution in [3.63, 3.8) is 0 Å². The van der Waals surface area contributed by atoms with Gasteiger partial charge in [0.05, 0.1) is 12.2 Å². The summed E-state index contributed by atoms with van der Waals surface area (Å²) < 4.78 is 32.5. The van der Waals surface area contributed by atoms with E-state index in [2.05, 4.69) is 10.3 Å². The zero-order chi connectivity index (χ0) is 18.5. The quantitative estimate of drug-likeness (QED) is 0.707. The zero-order valence-electron chi connectivity index (χ0n) is 14.0. The van der Waals surface area contributed by atoms with Gasteiger partial charge in [0.15, 0.2) is 18.2 Å². The van der Waals surface area contributed by atoms with E-state index in [1.807, 2.05) is 0 Å². The standard InChI is InChI=1S/C19H16F2N2O2S/c1-12-17(26-19(23-12)13-6-2-3-7-14(13)20)10-22-18(24)11-25-16-9-5-4-8-15(16)21/h2-9H,10-11H2,1H3,(H,22,24). The highest BCUT2D eigenvalue weighted by Crippen LogP contribution is 2.29. The number of thiazole rings is 1. The number of hydrogen-bond donors (Lipinski definition) is 1. The smallest absolute Gasteiger partial charge is 0.258 e. The first-order valence-electron chi connectivity index (χ1n) is 7.90. The van der Waals surface area contributed by atoms with Crippen LogP contribution in [0, 0.1) is 18.6 Å². The van der Waals surface area contributed by atoms with Gasteiger partial charge >= 0.3 is 0 Å². The molecule has 0 saturated heterocycles. The van der Waals surface area contributed by atoms with Crippen LogP contribution in [0.25, 0.3) is 10.6 Å². The molecular weight excluding hydrogens is 358 g/mol. The monoisotopic (exact) mass is 374 g/mol. The molecule has 26 heavy (non-hydrogen) atoms. The minimum Gasteiger partial charge on any atom is -0.481 e. The predicted octanol–water partition coefficient (Wildman–Crippen LogP) is 4.09. The Morgan fingerprint density at radius 1 is 1.12 bits per heavy atom. The van der Waals surface area contributed by atoms with Gasteiger partial charge in [0, 0.05) is 10.4 Å². The Hall–Kier alpha value is -2.80. The average molecular weight is 374 g/mol. The molecule has 0 spiro atoms. The summed E-state index contributed by atoms with van der Waals surface area (Å²) in [5.41, 5.74) is 1.16. The first-order chi connectivity index (χ1) is 12.5. The molecule has 0 aliphatic carbocycles. The number of aromatic nitrogens is 1. The Kier molecular flexibility index (Phi) is 5.58. The van der Waals surface area contributed by atoms with Crippen LogP contribution in [-0.2, 0) is 11.3 Å².